The van der Waals surface area contributed by atoms with E-state index in [2.05, 4.69) is 23.7 Å². The van der Waals surface area contributed by atoms with Crippen LogP contribution < -0.4 is 51.4 Å². The van der Waals surface area contributed by atoms with Gasteiger partial charge in [-0.25, -0.2) is 0 Å². The Hall–Kier alpha value is 1.30. The molecule has 0 aliphatic carbocycles. The van der Waals surface area contributed by atoms with Crippen LogP contribution >= 0.6 is 11.3 Å². The molecule has 1 aliphatic rings. The van der Waals surface area contributed by atoms with Crippen LogP contribution in [0.1, 0.15) is 23.4 Å². The minimum atomic E-state index is 0. The van der Waals surface area contributed by atoms with E-state index in [9.17, 15) is 0 Å². The molecule has 1 aliphatic heterocycles. The number of hydrogen-bond acceptors (Lipinski definition) is 1. The number of hydrogen-bond donors (Lipinski definition) is 0. The van der Waals surface area contributed by atoms with Crippen molar-refractivity contribution in [3.05, 3.63) is 27.2 Å². The van der Waals surface area contributed by atoms with Gasteiger partial charge in [0.15, 0.2) is 0 Å². The van der Waals surface area contributed by atoms with E-state index >= 15 is 0 Å². The van der Waals surface area contributed by atoms with Gasteiger partial charge in [0, 0.05) is 0 Å². The summed E-state index contributed by atoms with van der Waals surface area (Å²) < 4.78 is 0. The molecule has 0 radical (unpaired) electrons. The van der Waals surface area contributed by atoms with E-state index in [-0.39, 0.29) is 51.4 Å². The molecule has 2 rings (SSSR count). The zero-order chi connectivity index (χ0) is 6.97. The van der Waals surface area contributed by atoms with Crippen molar-refractivity contribution in [2.24, 2.45) is 0 Å². The summed E-state index contributed by atoms with van der Waals surface area (Å²) >= 11 is 1.84. The maximum absolute atomic E-state index is 4.45. The van der Waals surface area contributed by atoms with Gasteiger partial charge in [-0.15, -0.1) is 12.6 Å². The van der Waals surface area contributed by atoms with Crippen LogP contribution in [0.2, 0.25) is 0 Å². The molecule has 54 valence electrons. The third-order valence-electron chi connectivity index (χ3n) is 1.94. The average Bonchev–Trinajstić information content (AvgIpc) is 2.36. The van der Waals surface area contributed by atoms with Gasteiger partial charge in [-0.2, -0.15) is 11.3 Å². The molecule has 1 unspecified atom stereocenters. The molecule has 11 heavy (non-hydrogen) atoms. The van der Waals surface area contributed by atoms with Gasteiger partial charge < -0.3 is 5.32 Å². The van der Waals surface area contributed by atoms with E-state index in [1.54, 1.807) is 0 Å². The number of thiophene rings is 1. The summed E-state index contributed by atoms with van der Waals surface area (Å²) in [4.78, 5) is 1.48. The van der Waals surface area contributed by atoms with Crippen molar-refractivity contribution in [3.8, 4) is 0 Å². The van der Waals surface area contributed by atoms with Gasteiger partial charge in [-0.1, -0.05) is 6.92 Å². The molecule has 0 amide bonds. The van der Waals surface area contributed by atoms with Gasteiger partial charge in [0.2, 0.25) is 0 Å². The summed E-state index contributed by atoms with van der Waals surface area (Å²) in [6.45, 7) is 3.19. The van der Waals surface area contributed by atoms with Gasteiger partial charge >= 0.3 is 51.4 Å². The molecule has 1 aromatic heterocycles. The van der Waals surface area contributed by atoms with Crippen LogP contribution in [-0.2, 0) is 6.42 Å². The summed E-state index contributed by atoms with van der Waals surface area (Å²) in [6, 6.07) is 2.69. The maximum atomic E-state index is 4.45. The van der Waals surface area contributed by atoms with Crippen LogP contribution in [0, 0.1) is 0 Å². The first kappa shape index (κ1) is 10.4. The number of fused-ring (bicyclic) bond motifs is 1. The minimum Gasteiger partial charge on any atom is -0.655 e. The molecule has 2 heterocycles. The molecular formula is C8H10KNS. The summed E-state index contributed by atoms with van der Waals surface area (Å²) in [5, 5.41) is 6.62. The second-order valence-corrected chi connectivity index (χ2v) is 3.59. The van der Waals surface area contributed by atoms with E-state index in [1.165, 1.54) is 10.4 Å². The van der Waals surface area contributed by atoms with E-state index in [4.69, 9.17) is 0 Å². The molecule has 0 bridgehead atoms. The normalized spacial score (nSPS) is 22.1. The van der Waals surface area contributed by atoms with Crippen LogP contribution in [0.4, 0.5) is 0 Å². The largest absolute Gasteiger partial charge is 1.00 e. The fourth-order valence-corrected chi connectivity index (χ4v) is 2.35. The van der Waals surface area contributed by atoms with Gasteiger partial charge in [-0.3, -0.25) is 0 Å². The molecule has 3 heteroatoms. The Kier molecular flexibility index (Phi) is 4.25. The second kappa shape index (κ2) is 4.51. The predicted octanol–water partition coefficient (Wildman–Crippen LogP) is -0.257. The molecule has 0 N–H and O–H groups in total. The first-order chi connectivity index (χ1) is 4.88. The summed E-state index contributed by atoms with van der Waals surface area (Å²) in [5.74, 6) is 0. The van der Waals surface area contributed by atoms with Crippen molar-refractivity contribution >= 4 is 11.3 Å². The molecule has 0 fully saturated rings. The van der Waals surface area contributed by atoms with Crippen molar-refractivity contribution in [3.63, 3.8) is 0 Å². The third-order valence-corrected chi connectivity index (χ3v) is 3.07. The molecule has 0 saturated heterocycles. The molecule has 1 aromatic rings. The number of rotatable bonds is 0. The zero-order valence-electron chi connectivity index (χ0n) is 7.00. The first-order valence-corrected chi connectivity index (χ1v) is 4.49. The van der Waals surface area contributed by atoms with Gasteiger partial charge in [0.05, 0.1) is 0 Å². The smallest absolute Gasteiger partial charge is 0.655 e. The van der Waals surface area contributed by atoms with Crippen LogP contribution in [-0.4, -0.2) is 6.54 Å². The maximum Gasteiger partial charge on any atom is 1.00 e. The van der Waals surface area contributed by atoms with Crippen LogP contribution in [0.25, 0.3) is 5.32 Å². The summed E-state index contributed by atoms with van der Waals surface area (Å²) in [7, 11) is 0. The van der Waals surface area contributed by atoms with Crippen LogP contribution in [0.3, 0.4) is 0 Å². The topological polar surface area (TPSA) is 14.1 Å². The Morgan fingerprint density at radius 3 is 3.18 bits per heavy atom. The molecule has 0 aromatic carbocycles. The van der Waals surface area contributed by atoms with E-state index in [0.717, 1.165) is 13.0 Å². The first-order valence-electron chi connectivity index (χ1n) is 3.61. The van der Waals surface area contributed by atoms with Gasteiger partial charge in [0.25, 0.3) is 0 Å². The molecule has 0 spiro atoms. The quantitative estimate of drug-likeness (QED) is 0.502. The molecule has 0 saturated carbocycles. The fraction of sp³-hybridized carbons (Fsp3) is 0.500. The molecular weight excluding hydrogens is 181 g/mol. The minimum absolute atomic E-state index is 0. The Balaban J connectivity index is 0.000000605. The summed E-state index contributed by atoms with van der Waals surface area (Å²) in [5.41, 5.74) is 1.52. The second-order valence-electron chi connectivity index (χ2n) is 2.64. The molecule has 1 atom stereocenters. The van der Waals surface area contributed by atoms with E-state index < -0.39 is 0 Å². The van der Waals surface area contributed by atoms with Crippen molar-refractivity contribution in [2.75, 3.05) is 6.54 Å². The fourth-order valence-electron chi connectivity index (χ4n) is 1.38. The Morgan fingerprint density at radius 1 is 1.64 bits per heavy atom. The van der Waals surface area contributed by atoms with Crippen LogP contribution in [0.15, 0.2) is 11.4 Å². The van der Waals surface area contributed by atoms with Crippen molar-refractivity contribution < 1.29 is 51.4 Å². The average molecular weight is 191 g/mol. The SMILES string of the molecule is CC1[N-]CCc2ccsc21.[K+]. The Morgan fingerprint density at radius 2 is 2.45 bits per heavy atom. The standard InChI is InChI=1S/C8H10NS.K/c1-6-8-7(2-4-9-6)3-5-10-8;/h3,5-6H,2,4H2,1H3;/q-1;+1. The van der Waals surface area contributed by atoms with Crippen molar-refractivity contribution in [1.82, 2.24) is 0 Å². The Labute approximate surface area is 114 Å². The van der Waals surface area contributed by atoms with Gasteiger partial charge in [0.1, 0.15) is 0 Å². The van der Waals surface area contributed by atoms with Crippen LogP contribution in [0.5, 0.6) is 0 Å². The predicted molar refractivity (Wildman–Crippen MR) is 44.7 cm³/mol. The van der Waals surface area contributed by atoms with E-state index in [0.29, 0.717) is 6.04 Å². The summed E-state index contributed by atoms with van der Waals surface area (Å²) in [6.07, 6.45) is 1.16. The van der Waals surface area contributed by atoms with Gasteiger partial charge in [-0.05, 0) is 28.3 Å². The van der Waals surface area contributed by atoms with E-state index in [1.807, 2.05) is 11.3 Å². The third kappa shape index (κ3) is 2.15. The monoisotopic (exact) mass is 191 g/mol. The van der Waals surface area contributed by atoms with Crippen molar-refractivity contribution in [2.45, 2.75) is 19.4 Å². The zero-order valence-corrected chi connectivity index (χ0v) is 10.9. The number of nitrogens with zero attached hydrogens (tertiary/aromatic N) is 1. The Bertz CT molecular complexity index is 234. The molecule has 1 nitrogen and oxygen atoms in total. The van der Waals surface area contributed by atoms with Crippen molar-refractivity contribution in [1.29, 1.82) is 0 Å².